The normalized spacial score (nSPS) is 10.5. The summed E-state index contributed by atoms with van der Waals surface area (Å²) < 4.78 is 19.6. The Hall–Kier alpha value is -2.85. The molecular formula is C17H16FN5O2S2. The first kappa shape index (κ1) is 18.9. The second-order valence-electron chi connectivity index (χ2n) is 5.57. The summed E-state index contributed by atoms with van der Waals surface area (Å²) in [7, 11) is 1.32. The smallest absolute Gasteiger partial charge is 0.340 e. The largest absolute Gasteiger partial charge is 0.465 e. The van der Waals surface area contributed by atoms with Gasteiger partial charge in [-0.15, -0.1) is 16.4 Å². The first-order valence-corrected chi connectivity index (χ1v) is 9.07. The molecule has 0 spiro atoms. The average Bonchev–Trinajstić information content (AvgIpc) is 3.20. The van der Waals surface area contributed by atoms with E-state index in [4.69, 9.17) is 17.0 Å². The van der Waals surface area contributed by atoms with Crippen LogP contribution in [0.15, 0.2) is 36.7 Å². The summed E-state index contributed by atoms with van der Waals surface area (Å²) in [6.07, 6.45) is 1.52. The van der Waals surface area contributed by atoms with Crippen molar-refractivity contribution in [2.45, 2.75) is 13.5 Å². The number of halogens is 1. The van der Waals surface area contributed by atoms with Crippen LogP contribution in [0.3, 0.4) is 0 Å². The summed E-state index contributed by atoms with van der Waals surface area (Å²) in [6.45, 7) is 2.26. The van der Waals surface area contributed by atoms with Crippen LogP contribution in [-0.2, 0) is 11.3 Å². The topological polar surface area (TPSA) is 81.1 Å². The predicted octanol–water partition coefficient (Wildman–Crippen LogP) is 3.43. The molecule has 0 amide bonds. The van der Waals surface area contributed by atoms with Crippen molar-refractivity contribution >= 4 is 45.6 Å². The quantitative estimate of drug-likeness (QED) is 0.497. The van der Waals surface area contributed by atoms with Gasteiger partial charge in [-0.1, -0.05) is 12.1 Å². The summed E-state index contributed by atoms with van der Waals surface area (Å²) in [5.41, 5.74) is 1.18. The highest BCUT2D eigenvalue weighted by Crippen LogP contribution is 2.28. The summed E-state index contributed by atoms with van der Waals surface area (Å²) >= 11 is 6.64. The van der Waals surface area contributed by atoms with Crippen molar-refractivity contribution in [3.8, 4) is 0 Å². The maximum atomic E-state index is 13.3. The predicted molar refractivity (Wildman–Crippen MR) is 106 cm³/mol. The molecule has 10 heteroatoms. The first-order chi connectivity index (χ1) is 12.9. The molecule has 0 unspecified atom stereocenters. The van der Waals surface area contributed by atoms with Gasteiger partial charge in [0.25, 0.3) is 0 Å². The number of hydrogen-bond acceptors (Lipinski definition) is 6. The van der Waals surface area contributed by atoms with Crippen LogP contribution in [0.25, 0.3) is 0 Å². The lowest BCUT2D eigenvalue weighted by atomic mass is 10.2. The van der Waals surface area contributed by atoms with Crippen LogP contribution in [0, 0.1) is 12.7 Å². The highest BCUT2D eigenvalue weighted by molar-refractivity contribution is 7.80. The Morgan fingerprint density at radius 3 is 2.93 bits per heavy atom. The number of aromatic nitrogens is 3. The van der Waals surface area contributed by atoms with Gasteiger partial charge in [0.15, 0.2) is 5.11 Å². The monoisotopic (exact) mass is 405 g/mol. The second kappa shape index (κ2) is 8.23. The Balaban J connectivity index is 1.64. The van der Waals surface area contributed by atoms with Crippen LogP contribution in [0.2, 0.25) is 0 Å². The Kier molecular flexibility index (Phi) is 5.77. The van der Waals surface area contributed by atoms with Gasteiger partial charge in [-0.2, -0.15) is 0 Å². The number of carbonyl (C=O) groups excluding carboxylic acids is 1. The van der Waals surface area contributed by atoms with Gasteiger partial charge in [0.1, 0.15) is 17.1 Å². The van der Waals surface area contributed by atoms with Gasteiger partial charge in [0.05, 0.1) is 19.2 Å². The number of anilines is 2. The average molecular weight is 405 g/mol. The number of thiocarbonyl (C=S) groups is 1. The molecule has 0 saturated heterocycles. The van der Waals surface area contributed by atoms with E-state index in [1.54, 1.807) is 22.9 Å². The van der Waals surface area contributed by atoms with E-state index in [1.807, 2.05) is 6.92 Å². The number of benzene rings is 1. The minimum atomic E-state index is -0.442. The van der Waals surface area contributed by atoms with E-state index in [-0.39, 0.29) is 16.9 Å². The van der Waals surface area contributed by atoms with Gasteiger partial charge in [-0.05, 0) is 42.9 Å². The Labute approximate surface area is 164 Å². The van der Waals surface area contributed by atoms with Crippen LogP contribution >= 0.6 is 23.6 Å². The van der Waals surface area contributed by atoms with E-state index in [9.17, 15) is 9.18 Å². The molecular weight excluding hydrogens is 389 g/mol. The van der Waals surface area contributed by atoms with E-state index >= 15 is 0 Å². The molecule has 0 radical (unpaired) electrons. The number of nitrogens with one attached hydrogen (secondary N) is 2. The lowest BCUT2D eigenvalue weighted by Gasteiger charge is -2.07. The van der Waals surface area contributed by atoms with Crippen molar-refractivity contribution in [1.82, 2.24) is 14.8 Å². The van der Waals surface area contributed by atoms with Gasteiger partial charge in [-0.25, -0.2) is 18.9 Å². The molecule has 0 fully saturated rings. The summed E-state index contributed by atoms with van der Waals surface area (Å²) in [6, 6.07) is 8.00. The van der Waals surface area contributed by atoms with E-state index < -0.39 is 5.97 Å². The van der Waals surface area contributed by atoms with Crippen molar-refractivity contribution in [2.24, 2.45) is 0 Å². The van der Waals surface area contributed by atoms with E-state index in [1.165, 1.54) is 36.9 Å². The highest BCUT2D eigenvalue weighted by atomic mass is 32.1. The van der Waals surface area contributed by atoms with Crippen molar-refractivity contribution in [3.63, 3.8) is 0 Å². The van der Waals surface area contributed by atoms with Gasteiger partial charge in [0, 0.05) is 4.88 Å². The number of rotatable bonds is 5. The maximum absolute atomic E-state index is 13.3. The van der Waals surface area contributed by atoms with Gasteiger partial charge >= 0.3 is 5.97 Å². The van der Waals surface area contributed by atoms with Crippen LogP contribution in [0.5, 0.6) is 0 Å². The Morgan fingerprint density at radius 1 is 1.37 bits per heavy atom. The number of hydrogen-bond donors (Lipinski definition) is 2. The lowest BCUT2D eigenvalue weighted by Crippen LogP contribution is -2.20. The maximum Gasteiger partial charge on any atom is 0.340 e. The molecule has 27 heavy (non-hydrogen) atoms. The van der Waals surface area contributed by atoms with Crippen LogP contribution in [0.1, 0.15) is 20.8 Å². The number of ether oxygens (including phenoxy) is 1. The molecule has 0 aliphatic carbocycles. The fraction of sp³-hybridized carbons (Fsp3) is 0.176. The fourth-order valence-electron chi connectivity index (χ4n) is 2.36. The zero-order valence-corrected chi connectivity index (χ0v) is 16.2. The third kappa shape index (κ3) is 4.86. The van der Waals surface area contributed by atoms with Crippen LogP contribution in [-0.4, -0.2) is 33.0 Å². The Morgan fingerprint density at radius 2 is 2.19 bits per heavy atom. The molecule has 1 aromatic carbocycles. The minimum Gasteiger partial charge on any atom is -0.465 e. The van der Waals surface area contributed by atoms with E-state index in [2.05, 4.69) is 20.7 Å². The summed E-state index contributed by atoms with van der Waals surface area (Å²) in [5.74, 6) is -0.456. The van der Waals surface area contributed by atoms with Gasteiger partial charge in [-0.3, -0.25) is 5.32 Å². The molecule has 2 aromatic heterocycles. The molecule has 2 N–H and O–H groups in total. The number of methoxy groups -OCH3 is 1. The number of carbonyl (C=O) groups is 1. The molecule has 140 valence electrons. The molecule has 0 aliphatic rings. The zero-order valence-electron chi connectivity index (χ0n) is 14.5. The van der Waals surface area contributed by atoms with E-state index in [0.717, 1.165) is 10.4 Å². The third-order valence-electron chi connectivity index (χ3n) is 3.48. The standard InChI is InChI=1S/C17H16FN5O2S2/c1-10-6-13(15(24)25-2)14(27-10)20-17(26)21-16-19-9-23(22-16)8-11-4-3-5-12(18)7-11/h3-7,9H,8H2,1-2H3,(H2,20,21,22,26). The highest BCUT2D eigenvalue weighted by Gasteiger charge is 2.16. The van der Waals surface area contributed by atoms with E-state index in [0.29, 0.717) is 17.1 Å². The molecule has 0 saturated carbocycles. The van der Waals surface area contributed by atoms with Gasteiger partial charge in [0.2, 0.25) is 5.95 Å². The van der Waals surface area contributed by atoms with Crippen LogP contribution < -0.4 is 10.6 Å². The summed E-state index contributed by atoms with van der Waals surface area (Å²) in [5, 5.41) is 10.9. The molecule has 7 nitrogen and oxygen atoms in total. The number of nitrogens with zero attached hydrogens (tertiary/aromatic N) is 3. The van der Waals surface area contributed by atoms with Crippen molar-refractivity contribution in [2.75, 3.05) is 17.7 Å². The van der Waals surface area contributed by atoms with Crippen molar-refractivity contribution < 1.29 is 13.9 Å². The number of thiophene rings is 1. The van der Waals surface area contributed by atoms with Gasteiger partial charge < -0.3 is 10.1 Å². The van der Waals surface area contributed by atoms with Crippen LogP contribution in [0.4, 0.5) is 15.3 Å². The second-order valence-corrected chi connectivity index (χ2v) is 7.23. The SMILES string of the molecule is COC(=O)c1cc(C)sc1NC(=S)Nc1ncn(Cc2cccc(F)c2)n1. The van der Waals surface area contributed by atoms with Crippen molar-refractivity contribution in [1.29, 1.82) is 0 Å². The molecule has 2 heterocycles. The fourth-order valence-corrected chi connectivity index (χ4v) is 3.52. The molecule has 0 atom stereocenters. The molecule has 3 rings (SSSR count). The minimum absolute atomic E-state index is 0.241. The Bertz CT molecular complexity index is 985. The first-order valence-electron chi connectivity index (χ1n) is 7.85. The molecule has 3 aromatic rings. The zero-order chi connectivity index (χ0) is 19.4. The lowest BCUT2D eigenvalue weighted by molar-refractivity contribution is 0.0602. The van der Waals surface area contributed by atoms with Crippen molar-refractivity contribution in [3.05, 3.63) is 58.5 Å². The molecule has 0 aliphatic heterocycles. The third-order valence-corrected chi connectivity index (χ3v) is 4.65. The molecule has 0 bridgehead atoms. The number of esters is 1. The number of aryl methyl sites for hydroxylation is 1. The summed E-state index contributed by atoms with van der Waals surface area (Å²) in [4.78, 5) is 16.9.